The highest BCUT2D eigenvalue weighted by Gasteiger charge is 2.22. The van der Waals surface area contributed by atoms with Crippen molar-refractivity contribution in [1.82, 2.24) is 9.29 Å². The van der Waals surface area contributed by atoms with E-state index in [1.54, 1.807) is 0 Å². The Kier molecular flexibility index (Phi) is 4.27. The molecule has 1 aliphatic rings. The highest BCUT2D eigenvalue weighted by molar-refractivity contribution is 7.86. The second kappa shape index (κ2) is 6.07. The number of anilines is 1. The normalized spacial score (nSPS) is 17.4. The van der Waals surface area contributed by atoms with Crippen molar-refractivity contribution in [3.63, 3.8) is 0 Å². The van der Waals surface area contributed by atoms with Crippen LogP contribution in [0.1, 0.15) is 17.5 Å². The summed E-state index contributed by atoms with van der Waals surface area (Å²) in [5, 5.41) is 6.37. The molecule has 0 bridgehead atoms. The van der Waals surface area contributed by atoms with Crippen LogP contribution < -0.4 is 10.0 Å². The fourth-order valence-corrected chi connectivity index (χ4v) is 3.78. The number of benzene rings is 1. The van der Waals surface area contributed by atoms with E-state index in [0.29, 0.717) is 19.6 Å². The van der Waals surface area contributed by atoms with Crippen molar-refractivity contribution in [3.05, 3.63) is 35.5 Å². The maximum atomic E-state index is 11.6. The Morgan fingerprint density at radius 3 is 2.57 bits per heavy atom. The largest absolute Gasteiger partial charge is 0.370 e. The Balaban J connectivity index is 1.96. The van der Waals surface area contributed by atoms with Crippen LogP contribution in [0.5, 0.6) is 0 Å². The standard InChI is InChI=1S/C16H22N4O2S/c1-12-10-14-15(11-13(12)2)18-5-4-16(14)19-6-3-7-20(9-8-19)23(17,21)22/h4-5,10-11H,3,6-9H2,1-2H3,(H2,17,21,22). The first-order chi connectivity index (χ1) is 10.9. The van der Waals surface area contributed by atoms with Gasteiger partial charge in [-0.2, -0.15) is 12.7 Å². The number of rotatable bonds is 2. The number of hydrogen-bond acceptors (Lipinski definition) is 4. The number of nitrogens with zero attached hydrogens (tertiary/aromatic N) is 3. The summed E-state index contributed by atoms with van der Waals surface area (Å²) < 4.78 is 24.5. The number of aryl methyl sites for hydroxylation is 2. The minimum atomic E-state index is -3.62. The van der Waals surface area contributed by atoms with E-state index in [2.05, 4.69) is 35.9 Å². The molecule has 2 aromatic rings. The van der Waals surface area contributed by atoms with Crippen molar-refractivity contribution in [2.75, 3.05) is 31.1 Å². The molecule has 1 aromatic heterocycles. The molecule has 0 amide bonds. The Hall–Kier alpha value is -1.70. The van der Waals surface area contributed by atoms with Crippen LogP contribution in [-0.2, 0) is 10.2 Å². The average Bonchev–Trinajstić information content (AvgIpc) is 2.73. The molecule has 1 aliphatic heterocycles. The summed E-state index contributed by atoms with van der Waals surface area (Å²) in [5.41, 5.74) is 4.53. The van der Waals surface area contributed by atoms with Gasteiger partial charge in [0.25, 0.3) is 10.2 Å². The smallest absolute Gasteiger partial charge is 0.276 e. The number of aromatic nitrogens is 1. The first-order valence-corrected chi connectivity index (χ1v) is 9.25. The van der Waals surface area contributed by atoms with Crippen LogP contribution in [0.15, 0.2) is 24.4 Å². The summed E-state index contributed by atoms with van der Waals surface area (Å²) in [5.74, 6) is 0. The molecule has 2 N–H and O–H groups in total. The van der Waals surface area contributed by atoms with Gasteiger partial charge in [-0.3, -0.25) is 4.98 Å². The maximum absolute atomic E-state index is 11.6. The van der Waals surface area contributed by atoms with E-state index in [-0.39, 0.29) is 0 Å². The molecule has 7 heteroatoms. The summed E-state index contributed by atoms with van der Waals surface area (Å²) in [6.07, 6.45) is 2.57. The molecule has 0 unspecified atom stereocenters. The molecule has 23 heavy (non-hydrogen) atoms. The average molecular weight is 334 g/mol. The van der Waals surface area contributed by atoms with Gasteiger partial charge >= 0.3 is 0 Å². The third-order valence-corrected chi connectivity index (χ3v) is 5.57. The summed E-state index contributed by atoms with van der Waals surface area (Å²) in [7, 11) is -3.62. The van der Waals surface area contributed by atoms with Gasteiger partial charge in [0.2, 0.25) is 0 Å². The molecule has 2 heterocycles. The van der Waals surface area contributed by atoms with Crippen LogP contribution >= 0.6 is 0 Å². The van der Waals surface area contributed by atoms with E-state index in [4.69, 9.17) is 5.14 Å². The summed E-state index contributed by atoms with van der Waals surface area (Å²) in [6, 6.07) is 6.27. The lowest BCUT2D eigenvalue weighted by molar-refractivity contribution is 0.434. The topological polar surface area (TPSA) is 79.5 Å². The number of fused-ring (bicyclic) bond motifs is 1. The minimum absolute atomic E-state index is 0.410. The molecule has 6 nitrogen and oxygen atoms in total. The van der Waals surface area contributed by atoms with Crippen LogP contribution in [0, 0.1) is 13.8 Å². The third kappa shape index (κ3) is 3.31. The van der Waals surface area contributed by atoms with Gasteiger partial charge in [-0.1, -0.05) is 0 Å². The Morgan fingerprint density at radius 1 is 1.09 bits per heavy atom. The van der Waals surface area contributed by atoms with Gasteiger partial charge in [0.1, 0.15) is 0 Å². The van der Waals surface area contributed by atoms with Crippen LogP contribution in [0.4, 0.5) is 5.69 Å². The van der Waals surface area contributed by atoms with Crippen LogP contribution in [0.2, 0.25) is 0 Å². The molecule has 1 saturated heterocycles. The minimum Gasteiger partial charge on any atom is -0.370 e. The van der Waals surface area contributed by atoms with Crippen molar-refractivity contribution in [2.24, 2.45) is 5.14 Å². The maximum Gasteiger partial charge on any atom is 0.276 e. The molecule has 0 aliphatic carbocycles. The zero-order valence-corrected chi connectivity index (χ0v) is 14.3. The predicted molar refractivity (Wildman–Crippen MR) is 92.7 cm³/mol. The van der Waals surface area contributed by atoms with Gasteiger partial charge in [-0.25, -0.2) is 5.14 Å². The summed E-state index contributed by atoms with van der Waals surface area (Å²) in [6.45, 7) is 6.49. The third-order valence-electron chi connectivity index (χ3n) is 4.49. The highest BCUT2D eigenvalue weighted by Crippen LogP contribution is 2.28. The molecule has 0 atom stereocenters. The molecule has 0 saturated carbocycles. The zero-order chi connectivity index (χ0) is 16.6. The quantitative estimate of drug-likeness (QED) is 0.904. The molecular formula is C16H22N4O2S. The van der Waals surface area contributed by atoms with Gasteiger partial charge in [0, 0.05) is 43.4 Å². The van der Waals surface area contributed by atoms with Crippen LogP contribution in [0.25, 0.3) is 10.9 Å². The lowest BCUT2D eigenvalue weighted by Gasteiger charge is -2.24. The SMILES string of the molecule is Cc1cc2nccc(N3CCCN(S(N)(=O)=O)CC3)c2cc1C. The highest BCUT2D eigenvalue weighted by atomic mass is 32.2. The van der Waals surface area contributed by atoms with Crippen LogP contribution in [0.3, 0.4) is 0 Å². The Morgan fingerprint density at radius 2 is 1.83 bits per heavy atom. The molecule has 1 aromatic carbocycles. The molecule has 3 rings (SSSR count). The number of pyridine rings is 1. The van der Waals surface area contributed by atoms with E-state index in [1.807, 2.05) is 12.3 Å². The molecule has 124 valence electrons. The van der Waals surface area contributed by atoms with E-state index in [0.717, 1.165) is 29.6 Å². The fourth-order valence-electron chi connectivity index (χ4n) is 3.06. The van der Waals surface area contributed by atoms with Gasteiger partial charge in [-0.15, -0.1) is 0 Å². The lowest BCUT2D eigenvalue weighted by atomic mass is 10.0. The van der Waals surface area contributed by atoms with E-state index < -0.39 is 10.2 Å². The van der Waals surface area contributed by atoms with Crippen molar-refractivity contribution in [2.45, 2.75) is 20.3 Å². The first-order valence-electron chi connectivity index (χ1n) is 7.75. The van der Waals surface area contributed by atoms with Crippen molar-refractivity contribution in [3.8, 4) is 0 Å². The van der Waals surface area contributed by atoms with Crippen molar-refractivity contribution in [1.29, 1.82) is 0 Å². The van der Waals surface area contributed by atoms with E-state index in [1.165, 1.54) is 15.4 Å². The molecule has 1 fully saturated rings. The van der Waals surface area contributed by atoms with Gasteiger partial charge < -0.3 is 4.90 Å². The number of nitrogens with two attached hydrogens (primary N) is 1. The van der Waals surface area contributed by atoms with Gasteiger partial charge in [0.05, 0.1) is 5.52 Å². The van der Waals surface area contributed by atoms with Gasteiger partial charge in [0.15, 0.2) is 0 Å². The van der Waals surface area contributed by atoms with Gasteiger partial charge in [-0.05, 0) is 49.6 Å². The summed E-state index contributed by atoms with van der Waals surface area (Å²) in [4.78, 5) is 6.69. The molecule has 0 spiro atoms. The van der Waals surface area contributed by atoms with E-state index >= 15 is 0 Å². The monoisotopic (exact) mass is 334 g/mol. The second-order valence-corrected chi connectivity index (χ2v) is 7.61. The van der Waals surface area contributed by atoms with Crippen LogP contribution in [-0.4, -0.2) is 43.9 Å². The molecular weight excluding hydrogens is 312 g/mol. The second-order valence-electron chi connectivity index (χ2n) is 6.07. The lowest BCUT2D eigenvalue weighted by Crippen LogP contribution is -2.39. The fraction of sp³-hybridized carbons (Fsp3) is 0.438. The summed E-state index contributed by atoms with van der Waals surface area (Å²) >= 11 is 0. The molecule has 0 radical (unpaired) electrons. The first kappa shape index (κ1) is 16.2. The van der Waals surface area contributed by atoms with Crippen molar-refractivity contribution < 1.29 is 8.42 Å². The zero-order valence-electron chi connectivity index (χ0n) is 13.5. The Labute approximate surface area is 137 Å². The Bertz CT molecular complexity index is 835. The van der Waals surface area contributed by atoms with E-state index in [9.17, 15) is 8.42 Å². The predicted octanol–water partition coefficient (Wildman–Crippen LogP) is 1.57. The number of hydrogen-bond donors (Lipinski definition) is 1. The van der Waals surface area contributed by atoms with Crippen molar-refractivity contribution >= 4 is 26.8 Å².